The Morgan fingerprint density at radius 3 is 2.89 bits per heavy atom. The van der Waals surface area contributed by atoms with Crippen LogP contribution in [0.3, 0.4) is 0 Å². The van der Waals surface area contributed by atoms with Gasteiger partial charge in [0, 0.05) is 34.4 Å². The molecule has 0 amide bonds. The first-order valence-electron chi connectivity index (χ1n) is 9.54. The molecular weight excluding hydrogens is 376 g/mol. The van der Waals surface area contributed by atoms with Crippen LogP contribution in [0.25, 0.3) is 5.52 Å². The molecule has 3 aromatic rings. The van der Waals surface area contributed by atoms with Gasteiger partial charge in [-0.1, -0.05) is 23.7 Å². The zero-order valence-electron chi connectivity index (χ0n) is 15.8. The molecule has 0 spiro atoms. The SMILES string of the molecule is C[C@H](O)COCC(=O)c1cc2ccncn2c1Cc1ccc(C2CC2)cc1Cl. The predicted molar refractivity (Wildman–Crippen MR) is 108 cm³/mol. The van der Waals surface area contributed by atoms with Crippen LogP contribution in [0.5, 0.6) is 0 Å². The first kappa shape index (κ1) is 19.1. The Labute approximate surface area is 168 Å². The molecule has 1 N–H and O–H groups in total. The van der Waals surface area contributed by atoms with Crippen molar-refractivity contribution >= 4 is 22.9 Å². The van der Waals surface area contributed by atoms with Gasteiger partial charge < -0.3 is 14.2 Å². The fraction of sp³-hybridized carbons (Fsp3) is 0.364. The standard InChI is InChI=1S/C22H23ClN2O3/c1-14(26)11-28-12-22(27)19-10-18-6-7-24-13-25(18)21(19)9-17-5-4-16(8-20(17)23)15-2-3-15/h4-8,10,13-15,26H,2-3,9,11-12H2,1H3/t14-/m0/s1. The third kappa shape index (κ3) is 4.12. The van der Waals surface area contributed by atoms with Crippen LogP contribution in [0.2, 0.25) is 5.02 Å². The van der Waals surface area contributed by atoms with E-state index in [0.29, 0.717) is 17.9 Å². The van der Waals surface area contributed by atoms with E-state index in [0.717, 1.165) is 21.8 Å². The average molecular weight is 399 g/mol. The first-order valence-corrected chi connectivity index (χ1v) is 9.92. The number of halogens is 1. The van der Waals surface area contributed by atoms with Crippen LogP contribution >= 0.6 is 11.6 Å². The maximum absolute atomic E-state index is 12.8. The van der Waals surface area contributed by atoms with E-state index in [1.165, 1.54) is 18.4 Å². The predicted octanol–water partition coefficient (Wildman–Crippen LogP) is 4.04. The molecule has 1 fully saturated rings. The molecule has 5 nitrogen and oxygen atoms in total. The van der Waals surface area contributed by atoms with Gasteiger partial charge in [-0.15, -0.1) is 0 Å². The van der Waals surface area contributed by atoms with Crippen LogP contribution in [0.15, 0.2) is 42.9 Å². The summed E-state index contributed by atoms with van der Waals surface area (Å²) in [5, 5.41) is 10.1. The molecule has 4 rings (SSSR count). The summed E-state index contributed by atoms with van der Waals surface area (Å²) in [5.41, 5.74) is 4.61. The van der Waals surface area contributed by atoms with Gasteiger partial charge in [0.15, 0.2) is 5.78 Å². The average Bonchev–Trinajstić information content (AvgIpc) is 3.45. The van der Waals surface area contributed by atoms with Crippen LogP contribution in [-0.4, -0.2) is 39.6 Å². The lowest BCUT2D eigenvalue weighted by Crippen LogP contribution is -2.17. The smallest absolute Gasteiger partial charge is 0.190 e. The van der Waals surface area contributed by atoms with E-state index in [2.05, 4.69) is 23.2 Å². The molecule has 146 valence electrons. The van der Waals surface area contributed by atoms with Gasteiger partial charge in [0.1, 0.15) is 6.61 Å². The lowest BCUT2D eigenvalue weighted by molar-refractivity contribution is 0.0424. The number of ether oxygens (including phenoxy) is 1. The van der Waals surface area contributed by atoms with Crippen molar-refractivity contribution in [1.82, 2.24) is 9.38 Å². The maximum Gasteiger partial charge on any atom is 0.190 e. The van der Waals surface area contributed by atoms with E-state index in [1.807, 2.05) is 16.5 Å². The van der Waals surface area contributed by atoms with Gasteiger partial charge in [-0.3, -0.25) is 4.79 Å². The number of rotatable bonds is 8. The lowest BCUT2D eigenvalue weighted by atomic mass is 10.0. The summed E-state index contributed by atoms with van der Waals surface area (Å²) in [5.74, 6) is 0.526. The summed E-state index contributed by atoms with van der Waals surface area (Å²) in [6.45, 7) is 1.68. The number of nitrogens with zero attached hydrogens (tertiary/aromatic N) is 2. The Balaban J connectivity index is 1.64. The third-order valence-electron chi connectivity index (χ3n) is 5.06. The number of aliphatic hydroxyl groups is 1. The van der Waals surface area contributed by atoms with Gasteiger partial charge in [0.25, 0.3) is 0 Å². The van der Waals surface area contributed by atoms with E-state index >= 15 is 0 Å². The molecule has 1 atom stereocenters. The number of benzene rings is 1. The van der Waals surface area contributed by atoms with Crippen LogP contribution in [0.4, 0.5) is 0 Å². The van der Waals surface area contributed by atoms with E-state index in [9.17, 15) is 9.90 Å². The van der Waals surface area contributed by atoms with Crippen molar-refractivity contribution in [3.63, 3.8) is 0 Å². The quantitative estimate of drug-likeness (QED) is 0.582. The molecule has 1 saturated carbocycles. The molecule has 2 heterocycles. The molecule has 1 aliphatic carbocycles. The van der Waals surface area contributed by atoms with Gasteiger partial charge in [0.2, 0.25) is 0 Å². The summed E-state index contributed by atoms with van der Waals surface area (Å²) in [6, 6.07) is 9.98. The first-order chi connectivity index (χ1) is 13.5. The molecule has 0 unspecified atom stereocenters. The van der Waals surface area contributed by atoms with Crippen LogP contribution in [-0.2, 0) is 11.2 Å². The molecule has 0 bridgehead atoms. The number of aromatic nitrogens is 2. The Kier molecular flexibility index (Phi) is 5.49. The summed E-state index contributed by atoms with van der Waals surface area (Å²) in [7, 11) is 0. The number of carbonyl (C=O) groups is 1. The second kappa shape index (κ2) is 8.03. The van der Waals surface area contributed by atoms with E-state index in [4.69, 9.17) is 16.3 Å². The van der Waals surface area contributed by atoms with E-state index in [1.54, 1.807) is 19.4 Å². The number of carbonyl (C=O) groups excluding carboxylic acids is 1. The van der Waals surface area contributed by atoms with E-state index < -0.39 is 6.10 Å². The van der Waals surface area contributed by atoms with Gasteiger partial charge in [-0.05, 0) is 55.0 Å². The molecule has 2 aromatic heterocycles. The number of fused-ring (bicyclic) bond motifs is 1. The zero-order valence-corrected chi connectivity index (χ0v) is 16.5. The number of ketones is 1. The number of hydrogen-bond acceptors (Lipinski definition) is 4. The minimum atomic E-state index is -0.603. The number of aliphatic hydroxyl groups excluding tert-OH is 1. The summed E-state index contributed by atoms with van der Waals surface area (Å²) < 4.78 is 7.26. The van der Waals surface area contributed by atoms with E-state index in [-0.39, 0.29) is 19.0 Å². The van der Waals surface area contributed by atoms with Gasteiger partial charge in [-0.2, -0.15) is 0 Å². The third-order valence-corrected chi connectivity index (χ3v) is 5.41. The van der Waals surface area contributed by atoms with Gasteiger partial charge in [-0.25, -0.2) is 4.98 Å². The largest absolute Gasteiger partial charge is 0.391 e. The highest BCUT2D eigenvalue weighted by molar-refractivity contribution is 6.31. The molecule has 0 radical (unpaired) electrons. The second-order valence-corrected chi connectivity index (χ2v) is 7.88. The molecule has 6 heteroatoms. The van der Waals surface area contributed by atoms with Crippen LogP contribution < -0.4 is 0 Å². The van der Waals surface area contributed by atoms with Crippen molar-refractivity contribution in [3.05, 3.63) is 70.3 Å². The van der Waals surface area contributed by atoms with Crippen molar-refractivity contribution < 1.29 is 14.6 Å². The van der Waals surface area contributed by atoms with Crippen molar-refractivity contribution in [3.8, 4) is 0 Å². The molecule has 0 aliphatic heterocycles. The Morgan fingerprint density at radius 2 is 2.18 bits per heavy atom. The zero-order chi connectivity index (χ0) is 19.7. The van der Waals surface area contributed by atoms with Crippen LogP contribution in [0.1, 0.15) is 52.9 Å². The number of Topliss-reactive ketones (excluding diaryl/α,β-unsaturated/α-hetero) is 1. The second-order valence-electron chi connectivity index (χ2n) is 7.47. The fourth-order valence-corrected chi connectivity index (χ4v) is 3.71. The fourth-order valence-electron chi connectivity index (χ4n) is 3.46. The normalized spacial score (nSPS) is 15.1. The summed E-state index contributed by atoms with van der Waals surface area (Å²) in [6.07, 6.45) is 5.81. The van der Waals surface area contributed by atoms with Crippen LogP contribution in [0, 0.1) is 0 Å². The monoisotopic (exact) mass is 398 g/mol. The minimum absolute atomic E-state index is 0.0729. The molecular formula is C22H23ClN2O3. The van der Waals surface area contributed by atoms with Crippen molar-refractivity contribution in [2.45, 2.75) is 38.2 Å². The Morgan fingerprint density at radius 1 is 1.36 bits per heavy atom. The Hall–Kier alpha value is -2.21. The molecule has 1 aromatic carbocycles. The molecule has 28 heavy (non-hydrogen) atoms. The summed E-state index contributed by atoms with van der Waals surface area (Å²) >= 11 is 6.56. The number of hydrogen-bond donors (Lipinski definition) is 1. The highest BCUT2D eigenvalue weighted by atomic mass is 35.5. The highest BCUT2D eigenvalue weighted by Gasteiger charge is 2.24. The van der Waals surface area contributed by atoms with Crippen molar-refractivity contribution in [2.75, 3.05) is 13.2 Å². The summed E-state index contributed by atoms with van der Waals surface area (Å²) in [4.78, 5) is 17.0. The maximum atomic E-state index is 12.8. The van der Waals surface area contributed by atoms with Crippen molar-refractivity contribution in [2.24, 2.45) is 0 Å². The minimum Gasteiger partial charge on any atom is -0.391 e. The topological polar surface area (TPSA) is 63.8 Å². The lowest BCUT2D eigenvalue weighted by Gasteiger charge is -2.10. The molecule has 0 saturated heterocycles. The molecule has 1 aliphatic rings. The highest BCUT2D eigenvalue weighted by Crippen LogP contribution is 2.41. The Bertz CT molecular complexity index is 1010. The van der Waals surface area contributed by atoms with Gasteiger partial charge >= 0.3 is 0 Å². The van der Waals surface area contributed by atoms with Crippen molar-refractivity contribution in [1.29, 1.82) is 0 Å². The van der Waals surface area contributed by atoms with Gasteiger partial charge in [0.05, 0.1) is 19.0 Å².